The number of rotatable bonds is 5. The van der Waals surface area contributed by atoms with Crippen molar-refractivity contribution in [2.45, 2.75) is 50.6 Å². The summed E-state index contributed by atoms with van der Waals surface area (Å²) in [6, 6.07) is -0.769. The molecule has 8 heteroatoms. The molecule has 0 aromatic carbocycles. The van der Waals surface area contributed by atoms with Gasteiger partial charge in [0.1, 0.15) is 0 Å². The minimum Gasteiger partial charge on any atom is -0.480 e. The fourth-order valence-electron chi connectivity index (χ4n) is 4.47. The van der Waals surface area contributed by atoms with Crippen molar-refractivity contribution in [3.63, 3.8) is 0 Å². The second-order valence-electron chi connectivity index (χ2n) is 7.35. The van der Waals surface area contributed by atoms with Crippen LogP contribution in [0.2, 0.25) is 0 Å². The molecule has 0 aromatic heterocycles. The predicted octanol–water partition coefficient (Wildman–Crippen LogP) is 0.351. The first-order valence-corrected chi connectivity index (χ1v) is 10.6. The molecule has 1 amide bonds. The van der Waals surface area contributed by atoms with Gasteiger partial charge < -0.3 is 10.0 Å². The molecule has 1 saturated carbocycles. The maximum absolute atomic E-state index is 12.6. The van der Waals surface area contributed by atoms with E-state index in [4.69, 9.17) is 5.11 Å². The fraction of sp³-hybridized carbons (Fsp3) is 0.875. The summed E-state index contributed by atoms with van der Waals surface area (Å²) in [5.41, 5.74) is 0. The maximum Gasteiger partial charge on any atom is 0.317 e. The van der Waals surface area contributed by atoms with Crippen molar-refractivity contribution in [3.8, 4) is 0 Å². The highest BCUT2D eigenvalue weighted by Crippen LogP contribution is 2.31. The van der Waals surface area contributed by atoms with Crippen LogP contribution in [0.5, 0.6) is 0 Å². The van der Waals surface area contributed by atoms with Crippen molar-refractivity contribution in [2.75, 3.05) is 31.1 Å². The Morgan fingerprint density at radius 1 is 1.04 bits per heavy atom. The number of amides is 1. The van der Waals surface area contributed by atoms with Gasteiger partial charge in [-0.15, -0.1) is 0 Å². The fourth-order valence-corrected chi connectivity index (χ4v) is 6.49. The van der Waals surface area contributed by atoms with Gasteiger partial charge in [-0.3, -0.25) is 14.5 Å². The van der Waals surface area contributed by atoms with Crippen LogP contribution in [0.1, 0.15) is 38.5 Å². The minimum absolute atomic E-state index is 0.0315. The van der Waals surface area contributed by atoms with Crippen LogP contribution in [-0.2, 0) is 19.4 Å². The number of piperazine rings is 1. The third kappa shape index (κ3) is 3.91. The van der Waals surface area contributed by atoms with Crippen molar-refractivity contribution >= 4 is 21.7 Å². The van der Waals surface area contributed by atoms with Crippen molar-refractivity contribution in [1.82, 2.24) is 9.80 Å². The SMILES string of the molecule is O=C(O)CN1CCN(C(=O)CCC2CCCC2)[C@H]2CS(=O)(=O)C[C@H]21. The average Bonchev–Trinajstić information content (AvgIpc) is 3.11. The monoisotopic (exact) mass is 358 g/mol. The first-order valence-electron chi connectivity index (χ1n) is 8.81. The van der Waals surface area contributed by atoms with Crippen LogP contribution >= 0.6 is 0 Å². The zero-order valence-corrected chi connectivity index (χ0v) is 14.7. The summed E-state index contributed by atoms with van der Waals surface area (Å²) in [5, 5.41) is 9.02. The number of aliphatic carboxylic acids is 1. The van der Waals surface area contributed by atoms with E-state index in [-0.39, 0.29) is 36.0 Å². The molecule has 2 atom stereocenters. The molecule has 2 saturated heterocycles. The third-order valence-corrected chi connectivity index (χ3v) is 7.39. The number of hydrogen-bond acceptors (Lipinski definition) is 5. The Balaban J connectivity index is 1.65. The highest BCUT2D eigenvalue weighted by molar-refractivity contribution is 7.91. The number of fused-ring (bicyclic) bond motifs is 1. The summed E-state index contributed by atoms with van der Waals surface area (Å²) in [5.74, 6) is -0.381. The van der Waals surface area contributed by atoms with E-state index >= 15 is 0 Å². The summed E-state index contributed by atoms with van der Waals surface area (Å²) in [6.07, 6.45) is 6.25. The van der Waals surface area contributed by atoms with Crippen LogP contribution in [0.3, 0.4) is 0 Å². The molecule has 3 aliphatic rings. The van der Waals surface area contributed by atoms with Crippen LogP contribution in [0.15, 0.2) is 0 Å². The Hall–Kier alpha value is -1.15. The van der Waals surface area contributed by atoms with Crippen LogP contribution in [0, 0.1) is 5.92 Å². The lowest BCUT2D eigenvalue weighted by Crippen LogP contribution is -2.61. The highest BCUT2D eigenvalue weighted by Gasteiger charge is 2.48. The summed E-state index contributed by atoms with van der Waals surface area (Å²) in [7, 11) is -3.22. The Bertz CT molecular complexity index is 600. The molecule has 136 valence electrons. The van der Waals surface area contributed by atoms with E-state index in [1.165, 1.54) is 25.7 Å². The van der Waals surface area contributed by atoms with Gasteiger partial charge in [0.05, 0.1) is 24.1 Å². The van der Waals surface area contributed by atoms with E-state index in [1.54, 1.807) is 9.80 Å². The molecule has 0 spiro atoms. The van der Waals surface area contributed by atoms with E-state index in [0.717, 1.165) is 6.42 Å². The quantitative estimate of drug-likeness (QED) is 0.762. The number of nitrogens with zero attached hydrogens (tertiary/aromatic N) is 2. The van der Waals surface area contributed by atoms with Gasteiger partial charge in [0.2, 0.25) is 5.91 Å². The van der Waals surface area contributed by atoms with E-state index < -0.39 is 15.8 Å². The van der Waals surface area contributed by atoms with Crippen LogP contribution in [-0.4, -0.2) is 78.4 Å². The Kier molecular flexibility index (Phi) is 5.15. The molecular weight excluding hydrogens is 332 g/mol. The van der Waals surface area contributed by atoms with Crippen molar-refractivity contribution < 1.29 is 23.1 Å². The zero-order chi connectivity index (χ0) is 17.3. The topological polar surface area (TPSA) is 95.0 Å². The lowest BCUT2D eigenvalue weighted by molar-refractivity contribution is -0.142. The number of carboxylic acids is 1. The normalized spacial score (nSPS) is 30.4. The molecule has 3 fully saturated rings. The maximum atomic E-state index is 12.6. The smallest absolute Gasteiger partial charge is 0.317 e. The van der Waals surface area contributed by atoms with Crippen LogP contribution < -0.4 is 0 Å². The number of sulfone groups is 1. The van der Waals surface area contributed by atoms with E-state index in [2.05, 4.69) is 0 Å². The summed E-state index contributed by atoms with van der Waals surface area (Å²) >= 11 is 0. The average molecular weight is 358 g/mol. The summed E-state index contributed by atoms with van der Waals surface area (Å²) in [4.78, 5) is 27.1. The first-order chi connectivity index (χ1) is 11.4. The van der Waals surface area contributed by atoms with E-state index in [1.807, 2.05) is 0 Å². The summed E-state index contributed by atoms with van der Waals surface area (Å²) in [6.45, 7) is 0.687. The zero-order valence-electron chi connectivity index (χ0n) is 13.9. The molecule has 1 N–H and O–H groups in total. The van der Waals surface area contributed by atoms with Gasteiger partial charge in [-0.25, -0.2) is 8.42 Å². The first kappa shape index (κ1) is 17.7. The van der Waals surface area contributed by atoms with Crippen molar-refractivity contribution in [3.05, 3.63) is 0 Å². The molecule has 3 rings (SSSR count). The van der Waals surface area contributed by atoms with Gasteiger partial charge in [-0.05, 0) is 12.3 Å². The van der Waals surface area contributed by atoms with Crippen molar-refractivity contribution in [1.29, 1.82) is 0 Å². The lowest BCUT2D eigenvalue weighted by Gasteiger charge is -2.43. The number of carboxylic acid groups (broad SMARTS) is 1. The van der Waals surface area contributed by atoms with E-state index in [9.17, 15) is 18.0 Å². The van der Waals surface area contributed by atoms with Gasteiger partial charge in [-0.2, -0.15) is 0 Å². The molecule has 0 unspecified atom stereocenters. The molecule has 2 heterocycles. The van der Waals surface area contributed by atoms with Crippen LogP contribution in [0.25, 0.3) is 0 Å². The van der Waals surface area contributed by atoms with Gasteiger partial charge in [0, 0.05) is 25.6 Å². The van der Waals surface area contributed by atoms with Crippen molar-refractivity contribution in [2.24, 2.45) is 5.92 Å². The number of carbonyl (C=O) groups is 2. The largest absolute Gasteiger partial charge is 0.480 e. The van der Waals surface area contributed by atoms with E-state index in [0.29, 0.717) is 25.4 Å². The highest BCUT2D eigenvalue weighted by atomic mass is 32.2. The molecular formula is C16H26N2O5S. The Morgan fingerprint density at radius 3 is 2.38 bits per heavy atom. The Morgan fingerprint density at radius 2 is 1.71 bits per heavy atom. The molecule has 0 bridgehead atoms. The second kappa shape index (κ2) is 7.00. The Labute approximate surface area is 142 Å². The molecule has 2 aliphatic heterocycles. The predicted molar refractivity (Wildman–Crippen MR) is 88.3 cm³/mol. The molecule has 0 radical (unpaired) electrons. The van der Waals surface area contributed by atoms with Gasteiger partial charge in [0.25, 0.3) is 0 Å². The molecule has 0 aromatic rings. The minimum atomic E-state index is -3.22. The van der Waals surface area contributed by atoms with Crippen LogP contribution in [0.4, 0.5) is 0 Å². The third-order valence-electron chi connectivity index (χ3n) is 5.69. The standard InChI is InChI=1S/C16H26N2O5S/c19-15(6-5-12-3-1-2-4-12)18-8-7-17(9-16(20)21)13-10-24(22,23)11-14(13)18/h12-14H,1-11H2,(H,20,21)/t13-,14+/m1/s1. The molecule has 7 nitrogen and oxygen atoms in total. The molecule has 24 heavy (non-hydrogen) atoms. The lowest BCUT2D eigenvalue weighted by atomic mass is 9.99. The number of carbonyl (C=O) groups excluding carboxylic acids is 1. The summed E-state index contributed by atoms with van der Waals surface area (Å²) < 4.78 is 24.1. The second-order valence-corrected chi connectivity index (χ2v) is 9.51. The van der Waals surface area contributed by atoms with Gasteiger partial charge in [0.15, 0.2) is 9.84 Å². The van der Waals surface area contributed by atoms with Gasteiger partial charge >= 0.3 is 5.97 Å². The number of hydrogen-bond donors (Lipinski definition) is 1. The van der Waals surface area contributed by atoms with Gasteiger partial charge in [-0.1, -0.05) is 25.7 Å². The molecule has 1 aliphatic carbocycles.